The van der Waals surface area contributed by atoms with Crippen LogP contribution in [0.15, 0.2) is 29.4 Å². The average Bonchev–Trinajstić information content (AvgIpc) is 2.03. The van der Waals surface area contributed by atoms with Crippen molar-refractivity contribution in [2.75, 3.05) is 0 Å². The molecule has 0 heterocycles. The highest BCUT2D eigenvalue weighted by atomic mass is 35.5. The topological polar surface area (TPSA) is 32.6 Å². The highest BCUT2D eigenvalue weighted by molar-refractivity contribution is 6.69. The number of hydrogen-bond donors (Lipinski definition) is 1. The molecule has 11 heavy (non-hydrogen) atoms. The molecule has 1 rings (SSSR count). The lowest BCUT2D eigenvalue weighted by atomic mass is 10.2. The minimum absolute atomic E-state index is 0.0347. The van der Waals surface area contributed by atoms with Crippen LogP contribution in [0.4, 0.5) is 0 Å². The Morgan fingerprint density at radius 2 is 2.18 bits per heavy atom. The van der Waals surface area contributed by atoms with Crippen LogP contribution < -0.4 is 0 Å². The molecule has 0 aliphatic heterocycles. The molecule has 1 N–H and O–H groups in total. The van der Waals surface area contributed by atoms with Crippen molar-refractivity contribution >= 4 is 28.4 Å². The number of halogens is 2. The summed E-state index contributed by atoms with van der Waals surface area (Å²) in [5.41, 5.74) is 0.599. The SMILES string of the molecule is ON=C(Cl)c1cccc(Cl)c1. The van der Waals surface area contributed by atoms with Gasteiger partial charge in [0.1, 0.15) is 0 Å². The van der Waals surface area contributed by atoms with Gasteiger partial charge in [-0.25, -0.2) is 0 Å². The molecule has 0 amide bonds. The Bertz CT molecular complexity index is 286. The van der Waals surface area contributed by atoms with E-state index in [2.05, 4.69) is 5.16 Å². The fraction of sp³-hybridized carbons (Fsp3) is 0. The van der Waals surface area contributed by atoms with Crippen molar-refractivity contribution in [3.05, 3.63) is 34.9 Å². The summed E-state index contributed by atoms with van der Waals surface area (Å²) in [4.78, 5) is 0. The molecule has 1 aromatic carbocycles. The van der Waals surface area contributed by atoms with Gasteiger partial charge >= 0.3 is 0 Å². The Kier molecular flexibility index (Phi) is 2.74. The first-order valence-corrected chi connectivity index (χ1v) is 3.63. The first-order valence-electron chi connectivity index (χ1n) is 2.87. The maximum Gasteiger partial charge on any atom is 0.175 e. The van der Waals surface area contributed by atoms with Gasteiger partial charge in [-0.05, 0) is 12.1 Å². The second-order valence-corrected chi connectivity index (χ2v) is 2.70. The predicted molar refractivity (Wildman–Crippen MR) is 45.6 cm³/mol. The van der Waals surface area contributed by atoms with Crippen molar-refractivity contribution in [1.29, 1.82) is 0 Å². The molecule has 4 heteroatoms. The molecular formula is C7H5Cl2NO. The van der Waals surface area contributed by atoms with Crippen LogP contribution in [0.1, 0.15) is 5.56 Å². The normalized spacial score (nSPS) is 11.6. The van der Waals surface area contributed by atoms with Gasteiger partial charge in [-0.3, -0.25) is 0 Å². The molecule has 0 unspecified atom stereocenters. The van der Waals surface area contributed by atoms with Crippen LogP contribution in [-0.2, 0) is 0 Å². The third kappa shape index (κ3) is 2.10. The van der Waals surface area contributed by atoms with Gasteiger partial charge in [-0.1, -0.05) is 40.5 Å². The van der Waals surface area contributed by atoms with Crippen LogP contribution in [0.2, 0.25) is 5.02 Å². The molecule has 0 aliphatic rings. The number of nitrogens with zero attached hydrogens (tertiary/aromatic N) is 1. The third-order valence-electron chi connectivity index (χ3n) is 1.15. The highest BCUT2D eigenvalue weighted by Crippen LogP contribution is 2.12. The quantitative estimate of drug-likeness (QED) is 0.412. The number of rotatable bonds is 1. The maximum atomic E-state index is 8.29. The summed E-state index contributed by atoms with van der Waals surface area (Å²) in [6, 6.07) is 6.76. The lowest BCUT2D eigenvalue weighted by Crippen LogP contribution is -1.89. The van der Waals surface area contributed by atoms with E-state index in [-0.39, 0.29) is 5.17 Å². The largest absolute Gasteiger partial charge is 0.410 e. The van der Waals surface area contributed by atoms with E-state index in [1.54, 1.807) is 24.3 Å². The zero-order valence-electron chi connectivity index (χ0n) is 5.46. The molecule has 0 aromatic heterocycles. The molecular weight excluding hydrogens is 185 g/mol. The minimum atomic E-state index is 0.0347. The molecule has 0 fully saturated rings. The van der Waals surface area contributed by atoms with Crippen LogP contribution in [0.25, 0.3) is 0 Å². The maximum absolute atomic E-state index is 8.29. The Balaban J connectivity index is 3.06. The van der Waals surface area contributed by atoms with Crippen molar-refractivity contribution < 1.29 is 5.21 Å². The van der Waals surface area contributed by atoms with Crippen molar-refractivity contribution in [3.63, 3.8) is 0 Å². The molecule has 2 nitrogen and oxygen atoms in total. The van der Waals surface area contributed by atoms with Gasteiger partial charge in [0.2, 0.25) is 0 Å². The van der Waals surface area contributed by atoms with Crippen LogP contribution in [0.3, 0.4) is 0 Å². The molecule has 58 valence electrons. The zero-order chi connectivity index (χ0) is 8.27. The monoisotopic (exact) mass is 189 g/mol. The standard InChI is InChI=1S/C7H5Cl2NO/c8-6-3-1-2-5(4-6)7(9)10-11/h1-4,11H. The van der Waals surface area contributed by atoms with Gasteiger partial charge in [-0.2, -0.15) is 0 Å². The smallest absolute Gasteiger partial charge is 0.175 e. The van der Waals surface area contributed by atoms with E-state index < -0.39 is 0 Å². The Hall–Kier alpha value is -0.730. The van der Waals surface area contributed by atoms with Gasteiger partial charge < -0.3 is 5.21 Å². The predicted octanol–water partition coefficient (Wildman–Crippen LogP) is 2.71. The van der Waals surface area contributed by atoms with Gasteiger partial charge in [-0.15, -0.1) is 0 Å². The van der Waals surface area contributed by atoms with E-state index in [0.29, 0.717) is 10.6 Å². The van der Waals surface area contributed by atoms with Crippen LogP contribution in [0.5, 0.6) is 0 Å². The molecule has 1 aromatic rings. The summed E-state index contributed by atoms with van der Waals surface area (Å²) in [6.45, 7) is 0. The van der Waals surface area contributed by atoms with E-state index >= 15 is 0 Å². The van der Waals surface area contributed by atoms with Gasteiger partial charge in [0.05, 0.1) is 0 Å². The molecule has 0 bridgehead atoms. The second kappa shape index (κ2) is 3.60. The summed E-state index contributed by atoms with van der Waals surface area (Å²) in [6.07, 6.45) is 0. The first kappa shape index (κ1) is 8.37. The summed E-state index contributed by atoms with van der Waals surface area (Å²) in [5, 5.41) is 11.7. The van der Waals surface area contributed by atoms with E-state index in [1.807, 2.05) is 0 Å². The van der Waals surface area contributed by atoms with Crippen molar-refractivity contribution in [3.8, 4) is 0 Å². The highest BCUT2D eigenvalue weighted by Gasteiger charge is 1.99. The molecule has 0 radical (unpaired) electrons. The molecule has 0 aliphatic carbocycles. The fourth-order valence-corrected chi connectivity index (χ4v) is 0.982. The van der Waals surface area contributed by atoms with Crippen LogP contribution in [-0.4, -0.2) is 10.4 Å². The summed E-state index contributed by atoms with van der Waals surface area (Å²) in [5.74, 6) is 0. The zero-order valence-corrected chi connectivity index (χ0v) is 6.97. The van der Waals surface area contributed by atoms with E-state index in [9.17, 15) is 0 Å². The Morgan fingerprint density at radius 1 is 1.45 bits per heavy atom. The van der Waals surface area contributed by atoms with Crippen molar-refractivity contribution in [1.82, 2.24) is 0 Å². The van der Waals surface area contributed by atoms with E-state index in [0.717, 1.165) is 0 Å². The minimum Gasteiger partial charge on any atom is -0.410 e. The van der Waals surface area contributed by atoms with Gasteiger partial charge in [0.25, 0.3) is 0 Å². The lowest BCUT2D eigenvalue weighted by Gasteiger charge is -1.95. The molecule has 0 atom stereocenters. The summed E-state index contributed by atoms with van der Waals surface area (Å²) < 4.78 is 0. The third-order valence-corrected chi connectivity index (χ3v) is 1.68. The number of benzene rings is 1. The Labute approximate surface area is 74.0 Å². The molecule has 0 saturated heterocycles. The Morgan fingerprint density at radius 3 is 2.73 bits per heavy atom. The molecule has 0 spiro atoms. The van der Waals surface area contributed by atoms with Crippen LogP contribution in [0, 0.1) is 0 Å². The fourth-order valence-electron chi connectivity index (χ4n) is 0.675. The number of oxime groups is 1. The van der Waals surface area contributed by atoms with Gasteiger partial charge in [0, 0.05) is 10.6 Å². The summed E-state index contributed by atoms with van der Waals surface area (Å²) in [7, 11) is 0. The first-order chi connectivity index (χ1) is 5.24. The number of hydrogen-bond acceptors (Lipinski definition) is 2. The van der Waals surface area contributed by atoms with E-state index in [4.69, 9.17) is 28.4 Å². The summed E-state index contributed by atoms with van der Waals surface area (Å²) >= 11 is 11.2. The van der Waals surface area contributed by atoms with Gasteiger partial charge in [0.15, 0.2) is 5.17 Å². The average molecular weight is 190 g/mol. The molecule has 0 saturated carbocycles. The van der Waals surface area contributed by atoms with Crippen molar-refractivity contribution in [2.24, 2.45) is 5.16 Å². The lowest BCUT2D eigenvalue weighted by molar-refractivity contribution is 0.321. The van der Waals surface area contributed by atoms with Crippen LogP contribution >= 0.6 is 23.2 Å². The van der Waals surface area contributed by atoms with E-state index in [1.165, 1.54) is 0 Å². The van der Waals surface area contributed by atoms with Crippen molar-refractivity contribution in [2.45, 2.75) is 0 Å². The second-order valence-electron chi connectivity index (χ2n) is 1.90.